The molecule has 1 aromatic carbocycles. The lowest BCUT2D eigenvalue weighted by Gasteiger charge is -2.39. The van der Waals surface area contributed by atoms with Gasteiger partial charge >= 0.3 is 5.97 Å². The van der Waals surface area contributed by atoms with Crippen LogP contribution >= 0.6 is 0 Å². The molecule has 5 rings (SSSR count). The van der Waals surface area contributed by atoms with E-state index in [9.17, 15) is 19.5 Å². The predicted molar refractivity (Wildman–Crippen MR) is 135 cm³/mol. The molecule has 0 bridgehead atoms. The molecule has 2 amide bonds. The number of anilines is 1. The van der Waals surface area contributed by atoms with Crippen LogP contribution in [0.1, 0.15) is 33.1 Å². The average Bonchev–Trinajstić information content (AvgIpc) is 3.23. The molecule has 1 N–H and O–H groups in total. The highest BCUT2D eigenvalue weighted by atomic mass is 16.6. The Bertz CT molecular complexity index is 1130. The first-order valence-electron chi connectivity index (χ1n) is 12.9. The summed E-state index contributed by atoms with van der Waals surface area (Å²) >= 11 is 0. The molecule has 9 heteroatoms. The zero-order valence-electron chi connectivity index (χ0n) is 21.5. The number of benzene rings is 1. The molecule has 1 spiro atoms. The van der Waals surface area contributed by atoms with Crippen molar-refractivity contribution in [2.75, 3.05) is 31.8 Å². The summed E-state index contributed by atoms with van der Waals surface area (Å²) in [5, 5.41) is 10.1. The summed E-state index contributed by atoms with van der Waals surface area (Å²) in [4.78, 5) is 44.9. The second-order valence-corrected chi connectivity index (χ2v) is 10.4. The van der Waals surface area contributed by atoms with Crippen molar-refractivity contribution in [3.63, 3.8) is 0 Å². The smallest absolute Gasteiger partial charge is 0.313 e. The summed E-state index contributed by atoms with van der Waals surface area (Å²) in [6.07, 6.45) is 9.85. The van der Waals surface area contributed by atoms with E-state index in [1.54, 1.807) is 56.2 Å². The van der Waals surface area contributed by atoms with E-state index < -0.39 is 47.0 Å². The summed E-state index contributed by atoms with van der Waals surface area (Å²) in [7, 11) is 1.57. The Kier molecular flexibility index (Phi) is 6.62. The van der Waals surface area contributed by atoms with Crippen molar-refractivity contribution < 1.29 is 33.7 Å². The van der Waals surface area contributed by atoms with Crippen LogP contribution in [0.3, 0.4) is 0 Å². The van der Waals surface area contributed by atoms with E-state index in [0.29, 0.717) is 11.4 Å². The lowest BCUT2D eigenvalue weighted by molar-refractivity contribution is -0.159. The van der Waals surface area contributed by atoms with Crippen LogP contribution in [0.25, 0.3) is 0 Å². The van der Waals surface area contributed by atoms with Crippen LogP contribution in [-0.2, 0) is 23.9 Å². The molecule has 4 aliphatic heterocycles. The molecule has 198 valence electrons. The highest BCUT2D eigenvalue weighted by Crippen LogP contribution is 2.57. The number of ether oxygens (including phenoxy) is 3. The fourth-order valence-corrected chi connectivity index (χ4v) is 6.29. The van der Waals surface area contributed by atoms with Crippen molar-refractivity contribution in [3.8, 4) is 5.75 Å². The molecule has 4 heterocycles. The van der Waals surface area contributed by atoms with Gasteiger partial charge in [0.1, 0.15) is 23.3 Å². The third-order valence-corrected chi connectivity index (χ3v) is 8.06. The first-order valence-corrected chi connectivity index (χ1v) is 12.9. The highest BCUT2D eigenvalue weighted by molar-refractivity contribution is 6.05. The molecule has 0 saturated carbocycles. The van der Waals surface area contributed by atoms with Gasteiger partial charge in [0.05, 0.1) is 37.9 Å². The Hall–Kier alpha value is -3.17. The molecule has 2 fully saturated rings. The lowest BCUT2D eigenvalue weighted by atomic mass is 9.74. The van der Waals surface area contributed by atoms with Crippen LogP contribution in [0.2, 0.25) is 0 Å². The Morgan fingerprint density at radius 3 is 2.54 bits per heavy atom. The van der Waals surface area contributed by atoms with Crippen LogP contribution in [-0.4, -0.2) is 77.9 Å². The summed E-state index contributed by atoms with van der Waals surface area (Å²) in [6.45, 7) is 3.68. The zero-order valence-corrected chi connectivity index (χ0v) is 21.5. The van der Waals surface area contributed by atoms with Crippen LogP contribution in [0, 0.1) is 11.8 Å². The summed E-state index contributed by atoms with van der Waals surface area (Å²) in [5.41, 5.74) is -1.89. The number of aliphatic hydroxyl groups is 1. The first-order chi connectivity index (χ1) is 17.8. The predicted octanol–water partition coefficient (Wildman–Crippen LogP) is 2.23. The number of hydrogen-bond donors (Lipinski definition) is 1. The van der Waals surface area contributed by atoms with Gasteiger partial charge in [-0.25, -0.2) is 0 Å². The van der Waals surface area contributed by atoms with Gasteiger partial charge in [-0.3, -0.25) is 14.4 Å². The number of nitrogens with zero attached hydrogens (tertiary/aromatic N) is 2. The Morgan fingerprint density at radius 2 is 1.84 bits per heavy atom. The molecule has 0 aromatic heterocycles. The first kappa shape index (κ1) is 25.5. The average molecular weight is 511 g/mol. The minimum Gasteiger partial charge on any atom is -0.497 e. The molecule has 1 unspecified atom stereocenters. The number of aliphatic hydroxyl groups excluding tert-OH is 1. The van der Waals surface area contributed by atoms with E-state index in [-0.39, 0.29) is 25.7 Å². The van der Waals surface area contributed by atoms with E-state index in [0.717, 1.165) is 19.3 Å². The number of hydrogen-bond acceptors (Lipinski definition) is 7. The van der Waals surface area contributed by atoms with Gasteiger partial charge in [-0.1, -0.05) is 24.3 Å². The standard InChI is InChI=1S/C28H34N2O7/c1-18(17-31)30-23-25(33)29(19-9-11-20(35-3)12-10-19)15-8-14-28(23)21(24(30)32)22-26(34)36-16-7-5-4-6-13-27(22,2)37-28/h6,8-14,18,21-23,31H,4-5,7,15-17H2,1-3H3/b13-6-/t18-,21+,22-,23?,27+,28+/m1/s1. The normalized spacial score (nSPS) is 35.2. The number of amides is 2. The maximum Gasteiger partial charge on any atom is 0.313 e. The second-order valence-electron chi connectivity index (χ2n) is 10.4. The second kappa shape index (κ2) is 9.61. The number of rotatable bonds is 4. The highest BCUT2D eigenvalue weighted by Gasteiger charge is 2.75. The Morgan fingerprint density at radius 1 is 1.08 bits per heavy atom. The molecule has 9 nitrogen and oxygen atoms in total. The van der Waals surface area contributed by atoms with Crippen LogP contribution in [0.4, 0.5) is 5.69 Å². The topological polar surface area (TPSA) is 106 Å². The summed E-state index contributed by atoms with van der Waals surface area (Å²) in [6, 6.07) is 5.39. The lowest BCUT2D eigenvalue weighted by Crippen LogP contribution is -2.58. The van der Waals surface area contributed by atoms with Gasteiger partial charge in [-0.15, -0.1) is 0 Å². The van der Waals surface area contributed by atoms with Gasteiger partial charge < -0.3 is 29.1 Å². The van der Waals surface area contributed by atoms with E-state index in [4.69, 9.17) is 14.2 Å². The van der Waals surface area contributed by atoms with Crippen molar-refractivity contribution in [1.29, 1.82) is 0 Å². The Balaban J connectivity index is 1.64. The minimum absolute atomic E-state index is 0.261. The third kappa shape index (κ3) is 3.95. The number of fused-ring (bicyclic) bond motifs is 2. The molecule has 1 aromatic rings. The van der Waals surface area contributed by atoms with Gasteiger partial charge in [0.2, 0.25) is 5.91 Å². The maximum absolute atomic E-state index is 14.3. The molecule has 6 atom stereocenters. The minimum atomic E-state index is -1.39. The molecular formula is C28H34N2O7. The number of carbonyl (C=O) groups is 3. The number of carbonyl (C=O) groups excluding carboxylic acids is 3. The van der Waals surface area contributed by atoms with Gasteiger partial charge in [-0.05, 0) is 57.4 Å². The van der Waals surface area contributed by atoms with E-state index in [2.05, 4.69) is 0 Å². The van der Waals surface area contributed by atoms with Gasteiger partial charge in [0.15, 0.2) is 0 Å². The van der Waals surface area contributed by atoms with E-state index in [1.165, 1.54) is 4.90 Å². The summed E-state index contributed by atoms with van der Waals surface area (Å²) < 4.78 is 17.6. The van der Waals surface area contributed by atoms with Crippen molar-refractivity contribution in [2.24, 2.45) is 11.8 Å². The van der Waals surface area contributed by atoms with Gasteiger partial charge in [0.25, 0.3) is 5.91 Å². The third-order valence-electron chi connectivity index (χ3n) is 8.06. The number of esters is 1. The number of methoxy groups -OCH3 is 1. The van der Waals surface area contributed by atoms with Gasteiger partial charge in [0, 0.05) is 12.2 Å². The quantitative estimate of drug-likeness (QED) is 0.489. The molecule has 0 radical (unpaired) electrons. The van der Waals surface area contributed by atoms with Crippen LogP contribution in [0.5, 0.6) is 5.75 Å². The van der Waals surface area contributed by atoms with Crippen molar-refractivity contribution in [2.45, 2.75) is 56.4 Å². The monoisotopic (exact) mass is 510 g/mol. The largest absolute Gasteiger partial charge is 0.497 e. The van der Waals surface area contributed by atoms with Crippen molar-refractivity contribution >= 4 is 23.5 Å². The zero-order chi connectivity index (χ0) is 26.4. The maximum atomic E-state index is 14.3. The van der Waals surface area contributed by atoms with Crippen LogP contribution in [0.15, 0.2) is 48.6 Å². The van der Waals surface area contributed by atoms with E-state index >= 15 is 0 Å². The number of allylic oxidation sites excluding steroid dienone is 1. The van der Waals surface area contributed by atoms with Crippen molar-refractivity contribution in [3.05, 3.63) is 48.6 Å². The fraction of sp³-hybridized carbons (Fsp3) is 0.536. The van der Waals surface area contributed by atoms with Gasteiger partial charge in [-0.2, -0.15) is 0 Å². The molecular weight excluding hydrogens is 476 g/mol. The Labute approximate surface area is 216 Å². The fourth-order valence-electron chi connectivity index (χ4n) is 6.29. The van der Waals surface area contributed by atoms with Crippen LogP contribution < -0.4 is 9.64 Å². The molecule has 37 heavy (non-hydrogen) atoms. The summed E-state index contributed by atoms with van der Waals surface area (Å²) in [5.74, 6) is -2.47. The SMILES string of the molecule is COc1ccc(N2CC=C[C@]34O[C@@]5(C)/C=C\CCCCOC(=O)[C@H]5[C@H]3C(=O)N([C@H](C)CO)C4C2=O)cc1. The number of cyclic esters (lactones) is 1. The molecule has 0 aliphatic carbocycles. The molecule has 2 saturated heterocycles. The van der Waals surface area contributed by atoms with E-state index in [1.807, 2.05) is 18.2 Å². The molecule has 4 aliphatic rings. The number of likely N-dealkylation sites (tertiary alicyclic amines) is 1. The van der Waals surface area contributed by atoms with Crippen molar-refractivity contribution in [1.82, 2.24) is 4.90 Å².